The van der Waals surface area contributed by atoms with Crippen molar-refractivity contribution in [2.75, 3.05) is 7.11 Å². The summed E-state index contributed by atoms with van der Waals surface area (Å²) in [6.07, 6.45) is 0. The highest BCUT2D eigenvalue weighted by atomic mass is 35.5. The van der Waals surface area contributed by atoms with Gasteiger partial charge >= 0.3 is 5.97 Å². The number of ether oxygens (including phenoxy) is 1. The van der Waals surface area contributed by atoms with Crippen LogP contribution >= 0.6 is 11.6 Å². The molecule has 5 heteroatoms. The van der Waals surface area contributed by atoms with Crippen LogP contribution in [0.15, 0.2) is 29.2 Å². The molecule has 0 aliphatic rings. The Bertz CT molecular complexity index is 416. The third-order valence-electron chi connectivity index (χ3n) is 2.66. The van der Waals surface area contributed by atoms with Crippen LogP contribution in [-0.2, 0) is 20.3 Å². The number of halogens is 1. The predicted molar refractivity (Wildman–Crippen MR) is 68.5 cm³/mol. The predicted octanol–water partition coefficient (Wildman–Crippen LogP) is 2.65. The largest absolute Gasteiger partial charge is 0.469 e. The van der Waals surface area contributed by atoms with Gasteiger partial charge in [-0.05, 0) is 31.2 Å². The first-order chi connectivity index (χ1) is 7.97. The summed E-state index contributed by atoms with van der Waals surface area (Å²) in [7, 11) is 0.0819. The normalized spacial score (nSPS) is 16.0. The van der Waals surface area contributed by atoms with E-state index < -0.39 is 16.7 Å². The van der Waals surface area contributed by atoms with Crippen LogP contribution < -0.4 is 0 Å². The van der Waals surface area contributed by atoms with Gasteiger partial charge in [-0.3, -0.25) is 9.00 Å². The van der Waals surface area contributed by atoms with Crippen LogP contribution in [-0.4, -0.2) is 22.5 Å². The highest BCUT2D eigenvalue weighted by Gasteiger charge is 2.26. The minimum absolute atomic E-state index is 0.302. The molecule has 0 spiro atoms. The first-order valence-corrected chi connectivity index (χ1v) is 6.80. The molecule has 0 N–H and O–H groups in total. The van der Waals surface area contributed by atoms with Gasteiger partial charge in [-0.2, -0.15) is 0 Å². The summed E-state index contributed by atoms with van der Waals surface area (Å²) in [6.45, 7) is 3.48. The number of esters is 1. The van der Waals surface area contributed by atoms with E-state index in [9.17, 15) is 9.00 Å². The Morgan fingerprint density at radius 3 is 2.29 bits per heavy atom. The Balaban J connectivity index is 2.83. The molecule has 3 unspecified atom stereocenters. The summed E-state index contributed by atoms with van der Waals surface area (Å²) in [4.78, 5) is 12.0. The van der Waals surface area contributed by atoms with Crippen LogP contribution in [0.25, 0.3) is 0 Å². The molecule has 0 fully saturated rings. The molecule has 3 atom stereocenters. The molecule has 17 heavy (non-hydrogen) atoms. The molecule has 1 aromatic rings. The molecule has 0 saturated heterocycles. The third-order valence-corrected chi connectivity index (χ3v) is 4.73. The van der Waals surface area contributed by atoms with Gasteiger partial charge in [0.1, 0.15) is 0 Å². The van der Waals surface area contributed by atoms with Gasteiger partial charge < -0.3 is 4.74 Å². The molecule has 94 valence electrons. The number of hydrogen-bond donors (Lipinski definition) is 0. The lowest BCUT2D eigenvalue weighted by Crippen LogP contribution is -2.28. The topological polar surface area (TPSA) is 43.4 Å². The van der Waals surface area contributed by atoms with Crippen molar-refractivity contribution in [2.45, 2.75) is 24.0 Å². The summed E-state index contributed by atoms with van der Waals surface area (Å²) in [5.74, 6) is -0.753. The molecule has 0 amide bonds. The van der Waals surface area contributed by atoms with Crippen molar-refractivity contribution < 1.29 is 13.7 Å². The lowest BCUT2D eigenvalue weighted by Gasteiger charge is -2.17. The molecule has 1 aromatic carbocycles. The molecule has 0 aliphatic carbocycles. The zero-order chi connectivity index (χ0) is 13.0. The third kappa shape index (κ3) is 3.54. The molecule has 0 aromatic heterocycles. The van der Waals surface area contributed by atoms with Crippen LogP contribution in [0, 0.1) is 5.92 Å². The first kappa shape index (κ1) is 14.2. The summed E-state index contributed by atoms with van der Waals surface area (Å²) in [6, 6.07) is 6.78. The van der Waals surface area contributed by atoms with Gasteiger partial charge in [0.25, 0.3) is 0 Å². The smallest absolute Gasteiger partial charge is 0.309 e. The number of rotatable bonds is 4. The van der Waals surface area contributed by atoms with E-state index in [2.05, 4.69) is 4.74 Å². The highest BCUT2D eigenvalue weighted by Crippen LogP contribution is 2.20. The highest BCUT2D eigenvalue weighted by molar-refractivity contribution is 7.85. The monoisotopic (exact) mass is 274 g/mol. The van der Waals surface area contributed by atoms with Crippen molar-refractivity contribution in [3.8, 4) is 0 Å². The van der Waals surface area contributed by atoms with Crippen LogP contribution in [0.4, 0.5) is 0 Å². The Kier molecular flexibility index (Phi) is 5.15. The van der Waals surface area contributed by atoms with E-state index in [0.29, 0.717) is 9.92 Å². The maximum absolute atomic E-state index is 12.2. The molecule has 0 saturated carbocycles. The van der Waals surface area contributed by atoms with Gasteiger partial charge in [-0.15, -0.1) is 0 Å². The summed E-state index contributed by atoms with van der Waals surface area (Å²) >= 11 is 5.76. The molecule has 0 heterocycles. The van der Waals surface area contributed by atoms with E-state index in [1.807, 2.05) is 0 Å². The quantitative estimate of drug-likeness (QED) is 0.793. The Hall–Kier alpha value is -0.870. The van der Waals surface area contributed by atoms with Crippen LogP contribution in [0.3, 0.4) is 0 Å². The SMILES string of the molecule is COC(=O)C(C)C(C)S(=O)c1ccc(Cl)cc1. The summed E-state index contributed by atoms with van der Waals surface area (Å²) < 4.78 is 16.8. The van der Waals surface area contributed by atoms with Gasteiger partial charge in [-0.25, -0.2) is 0 Å². The van der Waals surface area contributed by atoms with Crippen molar-refractivity contribution in [2.24, 2.45) is 5.92 Å². The van der Waals surface area contributed by atoms with Gasteiger partial charge in [0.05, 0.1) is 23.8 Å². The van der Waals surface area contributed by atoms with E-state index in [-0.39, 0.29) is 11.2 Å². The van der Waals surface area contributed by atoms with Gasteiger partial charge in [0.15, 0.2) is 0 Å². The van der Waals surface area contributed by atoms with Crippen molar-refractivity contribution in [1.29, 1.82) is 0 Å². The fourth-order valence-corrected chi connectivity index (χ4v) is 2.79. The molecule has 0 aliphatic heterocycles. The van der Waals surface area contributed by atoms with E-state index in [1.54, 1.807) is 38.1 Å². The first-order valence-electron chi connectivity index (χ1n) is 5.21. The minimum atomic E-state index is -1.25. The van der Waals surface area contributed by atoms with Crippen LogP contribution in [0.2, 0.25) is 5.02 Å². The lowest BCUT2D eigenvalue weighted by molar-refractivity contribution is -0.144. The van der Waals surface area contributed by atoms with Gasteiger partial charge in [-0.1, -0.05) is 18.5 Å². The lowest BCUT2D eigenvalue weighted by atomic mass is 10.1. The van der Waals surface area contributed by atoms with E-state index in [1.165, 1.54) is 7.11 Å². The number of carbonyl (C=O) groups excluding carboxylic acids is 1. The number of methoxy groups -OCH3 is 1. The zero-order valence-electron chi connectivity index (χ0n) is 9.98. The average molecular weight is 275 g/mol. The fraction of sp³-hybridized carbons (Fsp3) is 0.417. The molecular formula is C12H15ClO3S. The maximum Gasteiger partial charge on any atom is 0.309 e. The van der Waals surface area contributed by atoms with Crippen molar-refractivity contribution in [3.05, 3.63) is 29.3 Å². The second-order valence-electron chi connectivity index (χ2n) is 3.77. The van der Waals surface area contributed by atoms with Gasteiger partial charge in [0.2, 0.25) is 0 Å². The van der Waals surface area contributed by atoms with Gasteiger partial charge in [0, 0.05) is 15.2 Å². The zero-order valence-corrected chi connectivity index (χ0v) is 11.5. The number of hydrogen-bond acceptors (Lipinski definition) is 3. The fourth-order valence-electron chi connectivity index (χ4n) is 1.35. The Labute approximate surface area is 109 Å². The number of carbonyl (C=O) groups is 1. The Morgan fingerprint density at radius 1 is 1.29 bits per heavy atom. The molecule has 0 radical (unpaired) electrons. The van der Waals surface area contributed by atoms with Crippen molar-refractivity contribution in [3.63, 3.8) is 0 Å². The van der Waals surface area contributed by atoms with Crippen molar-refractivity contribution in [1.82, 2.24) is 0 Å². The van der Waals surface area contributed by atoms with E-state index >= 15 is 0 Å². The number of benzene rings is 1. The molecular weight excluding hydrogens is 260 g/mol. The Morgan fingerprint density at radius 2 is 1.82 bits per heavy atom. The van der Waals surface area contributed by atoms with Crippen molar-refractivity contribution >= 4 is 28.4 Å². The van der Waals surface area contributed by atoms with Crippen LogP contribution in [0.1, 0.15) is 13.8 Å². The molecule has 3 nitrogen and oxygen atoms in total. The summed E-state index contributed by atoms with van der Waals surface area (Å²) in [5, 5.41) is 0.294. The van der Waals surface area contributed by atoms with E-state index in [0.717, 1.165) is 0 Å². The standard InChI is InChI=1S/C12H15ClO3S/c1-8(12(14)16-3)9(2)17(15)11-6-4-10(13)5-7-11/h4-9H,1-3H3. The second kappa shape index (κ2) is 6.17. The van der Waals surface area contributed by atoms with Crippen LogP contribution in [0.5, 0.6) is 0 Å². The average Bonchev–Trinajstić information content (AvgIpc) is 2.36. The minimum Gasteiger partial charge on any atom is -0.469 e. The second-order valence-corrected chi connectivity index (χ2v) is 6.01. The summed E-state index contributed by atoms with van der Waals surface area (Å²) in [5.41, 5.74) is 0. The molecule has 1 rings (SSSR count). The maximum atomic E-state index is 12.2. The molecule has 0 bridgehead atoms. The van der Waals surface area contributed by atoms with E-state index in [4.69, 9.17) is 11.6 Å².